The van der Waals surface area contributed by atoms with E-state index < -0.39 is 0 Å². The fraction of sp³-hybridized carbons (Fsp3) is 0.0588. The van der Waals surface area contributed by atoms with Crippen LogP contribution in [-0.2, 0) is 6.54 Å². The number of nitrogens with zero attached hydrogens (tertiary/aromatic N) is 8. The van der Waals surface area contributed by atoms with Crippen LogP contribution in [0.25, 0.3) is 40.2 Å². The van der Waals surface area contributed by atoms with E-state index in [1.54, 1.807) is 17.1 Å². The van der Waals surface area contributed by atoms with Gasteiger partial charge in [0.2, 0.25) is 5.82 Å². The van der Waals surface area contributed by atoms with Crippen molar-refractivity contribution >= 4 is 0 Å². The molecule has 0 atom stereocenters. The molecule has 5 aromatic rings. The van der Waals surface area contributed by atoms with E-state index in [9.17, 15) is 4.39 Å². The summed E-state index contributed by atoms with van der Waals surface area (Å²) in [6.45, 7) is 0.356. The lowest BCUT2D eigenvalue weighted by Gasteiger charge is -2.08. The van der Waals surface area contributed by atoms with Gasteiger partial charge >= 0.3 is 0 Å². The summed E-state index contributed by atoms with van der Waals surface area (Å²) in [6, 6.07) is 4.51. The smallest absolute Gasteiger partial charge is 0.280 e. The largest absolute Gasteiger partial charge is 0.451 e. The molecule has 1 aliphatic heterocycles. The summed E-state index contributed by atoms with van der Waals surface area (Å²) < 4.78 is 27.6. The second-order valence-electron chi connectivity index (χ2n) is 6.11. The first-order valence-corrected chi connectivity index (χ1v) is 8.25. The zero-order valence-corrected chi connectivity index (χ0v) is 14.0. The Morgan fingerprint density at radius 2 is 2.11 bits per heavy atom. The lowest BCUT2D eigenvalue weighted by Crippen LogP contribution is -2.05. The Morgan fingerprint density at radius 1 is 1.14 bits per heavy atom. The molecule has 0 amide bonds. The third-order valence-corrected chi connectivity index (χ3v) is 4.53. The molecule has 1 aromatic carbocycles. The lowest BCUT2D eigenvalue weighted by molar-refractivity contribution is 0.430. The minimum atomic E-state index is -0.354. The van der Waals surface area contributed by atoms with Crippen molar-refractivity contribution in [3.05, 3.63) is 55.0 Å². The molecule has 6 rings (SSSR count). The SMILES string of the molecule is Fc1ccc2c(c1)-c1ncnn1Cc1c(-c3noc(-c4cocn4)n3)ncn1-2. The quantitative estimate of drug-likeness (QED) is 0.452. The van der Waals surface area contributed by atoms with E-state index in [0.717, 1.165) is 11.4 Å². The number of halogens is 1. The van der Waals surface area contributed by atoms with E-state index in [2.05, 4.69) is 30.2 Å². The van der Waals surface area contributed by atoms with Gasteiger partial charge in [-0.25, -0.2) is 24.0 Å². The molecule has 0 spiro atoms. The van der Waals surface area contributed by atoms with Crippen molar-refractivity contribution in [3.8, 4) is 40.2 Å². The minimum absolute atomic E-state index is 0.225. The molecule has 0 bridgehead atoms. The number of benzene rings is 1. The van der Waals surface area contributed by atoms with Crippen molar-refractivity contribution in [2.75, 3.05) is 0 Å². The van der Waals surface area contributed by atoms with Crippen LogP contribution in [0.5, 0.6) is 0 Å². The maximum Gasteiger partial charge on any atom is 0.280 e. The standard InChI is InChI=1S/C17H9FN8O2/c18-9-1-2-12-10(3-9)16-19-6-22-26(16)4-13-14(20-7-25(12)13)15-23-17(28-24-15)11-5-27-8-21-11/h1-3,5-8H,4H2. The molecule has 10 nitrogen and oxygen atoms in total. The second-order valence-corrected chi connectivity index (χ2v) is 6.11. The zero-order chi connectivity index (χ0) is 18.7. The van der Waals surface area contributed by atoms with Gasteiger partial charge in [0, 0.05) is 5.56 Å². The third kappa shape index (κ3) is 2.06. The van der Waals surface area contributed by atoms with Gasteiger partial charge < -0.3 is 8.94 Å². The average Bonchev–Trinajstić information content (AvgIpc) is 3.48. The first kappa shape index (κ1) is 15.0. The molecule has 136 valence electrons. The van der Waals surface area contributed by atoms with Gasteiger partial charge in [-0.05, 0) is 18.2 Å². The molecule has 0 saturated heterocycles. The summed E-state index contributed by atoms with van der Waals surface area (Å²) in [5.41, 5.74) is 3.09. The van der Waals surface area contributed by atoms with Crippen LogP contribution in [0, 0.1) is 5.82 Å². The first-order chi connectivity index (χ1) is 13.8. The monoisotopic (exact) mass is 376 g/mol. The Bertz CT molecular complexity index is 1320. The van der Waals surface area contributed by atoms with E-state index in [1.165, 1.54) is 31.1 Å². The molecule has 0 aliphatic carbocycles. The maximum atomic E-state index is 13.9. The van der Waals surface area contributed by atoms with Gasteiger partial charge in [-0.2, -0.15) is 10.1 Å². The summed E-state index contributed by atoms with van der Waals surface area (Å²) in [7, 11) is 0. The molecule has 0 radical (unpaired) electrons. The molecule has 0 unspecified atom stereocenters. The van der Waals surface area contributed by atoms with Crippen molar-refractivity contribution in [1.82, 2.24) is 39.4 Å². The summed E-state index contributed by atoms with van der Waals surface area (Å²) in [5, 5.41) is 8.28. The van der Waals surface area contributed by atoms with Crippen LogP contribution in [0.2, 0.25) is 0 Å². The highest BCUT2D eigenvalue weighted by molar-refractivity contribution is 5.71. The Morgan fingerprint density at radius 3 is 3.00 bits per heavy atom. The third-order valence-electron chi connectivity index (χ3n) is 4.53. The van der Waals surface area contributed by atoms with Gasteiger partial charge in [0.05, 0.1) is 17.9 Å². The van der Waals surface area contributed by atoms with Crippen molar-refractivity contribution in [1.29, 1.82) is 0 Å². The summed E-state index contributed by atoms with van der Waals surface area (Å²) in [5.74, 6) is 0.745. The zero-order valence-electron chi connectivity index (χ0n) is 14.0. The van der Waals surface area contributed by atoms with Crippen LogP contribution >= 0.6 is 0 Å². The molecule has 4 aromatic heterocycles. The van der Waals surface area contributed by atoms with Crippen molar-refractivity contribution in [2.45, 2.75) is 6.54 Å². The number of fused-ring (bicyclic) bond motifs is 5. The summed E-state index contributed by atoms with van der Waals surface area (Å²) >= 11 is 0. The summed E-state index contributed by atoms with van der Waals surface area (Å²) in [6.07, 6.45) is 5.77. The normalized spacial score (nSPS) is 12.3. The highest BCUT2D eigenvalue weighted by Gasteiger charge is 2.26. The van der Waals surface area contributed by atoms with Crippen molar-refractivity contribution in [2.24, 2.45) is 0 Å². The van der Waals surface area contributed by atoms with Crippen LogP contribution in [0.1, 0.15) is 5.69 Å². The number of aromatic nitrogens is 8. The van der Waals surface area contributed by atoms with Gasteiger partial charge in [0.1, 0.15) is 30.4 Å². The second kappa shape index (κ2) is 5.42. The van der Waals surface area contributed by atoms with Crippen LogP contribution in [-0.4, -0.2) is 39.4 Å². The highest BCUT2D eigenvalue weighted by Crippen LogP contribution is 2.34. The number of hydrogen-bond acceptors (Lipinski definition) is 8. The van der Waals surface area contributed by atoms with Crippen LogP contribution in [0.3, 0.4) is 0 Å². The Balaban J connectivity index is 1.55. The Labute approximate surface area is 155 Å². The molecule has 5 heterocycles. The van der Waals surface area contributed by atoms with E-state index in [1.807, 2.05) is 4.57 Å². The van der Waals surface area contributed by atoms with Crippen molar-refractivity contribution < 1.29 is 13.3 Å². The van der Waals surface area contributed by atoms with Crippen LogP contribution < -0.4 is 0 Å². The molecule has 1 aliphatic rings. The average molecular weight is 376 g/mol. The van der Waals surface area contributed by atoms with E-state index in [4.69, 9.17) is 8.94 Å². The number of hydrogen-bond donors (Lipinski definition) is 0. The fourth-order valence-electron chi connectivity index (χ4n) is 3.29. The van der Waals surface area contributed by atoms with E-state index in [0.29, 0.717) is 35.1 Å². The lowest BCUT2D eigenvalue weighted by atomic mass is 10.1. The fourth-order valence-corrected chi connectivity index (χ4v) is 3.29. The summed E-state index contributed by atoms with van der Waals surface area (Å²) in [4.78, 5) is 17.1. The van der Waals surface area contributed by atoms with Gasteiger partial charge in [-0.15, -0.1) is 0 Å². The van der Waals surface area contributed by atoms with E-state index in [-0.39, 0.29) is 11.7 Å². The van der Waals surface area contributed by atoms with Crippen LogP contribution in [0.15, 0.2) is 52.5 Å². The predicted octanol–water partition coefficient (Wildman–Crippen LogP) is 2.34. The molecule has 0 saturated carbocycles. The molecular weight excluding hydrogens is 367 g/mol. The van der Waals surface area contributed by atoms with E-state index >= 15 is 0 Å². The Kier molecular flexibility index (Phi) is 2.90. The molecular formula is C17H9FN8O2. The number of rotatable bonds is 2. The maximum absolute atomic E-state index is 13.9. The predicted molar refractivity (Wildman–Crippen MR) is 90.4 cm³/mol. The highest BCUT2D eigenvalue weighted by atomic mass is 19.1. The molecule has 11 heteroatoms. The molecule has 28 heavy (non-hydrogen) atoms. The number of imidazole rings is 1. The van der Waals surface area contributed by atoms with Gasteiger partial charge in [0.25, 0.3) is 5.89 Å². The van der Waals surface area contributed by atoms with Gasteiger partial charge in [0.15, 0.2) is 17.9 Å². The first-order valence-electron chi connectivity index (χ1n) is 8.25. The van der Waals surface area contributed by atoms with Gasteiger partial charge in [-0.1, -0.05) is 5.16 Å². The molecule has 0 N–H and O–H groups in total. The number of oxazole rings is 1. The van der Waals surface area contributed by atoms with Crippen LogP contribution in [0.4, 0.5) is 4.39 Å². The Hall–Kier alpha value is -4.15. The molecule has 0 fully saturated rings. The van der Waals surface area contributed by atoms with Gasteiger partial charge in [-0.3, -0.25) is 4.57 Å². The topological polar surface area (TPSA) is 113 Å². The van der Waals surface area contributed by atoms with Crippen molar-refractivity contribution in [3.63, 3.8) is 0 Å². The minimum Gasteiger partial charge on any atom is -0.451 e.